The van der Waals surface area contributed by atoms with Crippen LogP contribution >= 0.6 is 11.6 Å². The number of para-hydroxylation sites is 1. The number of ether oxygens (including phenoxy) is 1. The molecule has 0 saturated heterocycles. The normalized spacial score (nSPS) is 12.0. The molecule has 0 radical (unpaired) electrons. The molecule has 3 heteroatoms. The highest BCUT2D eigenvalue weighted by Crippen LogP contribution is 2.24. The number of nitrogens with zero attached hydrogens (tertiary/aromatic N) is 1. The van der Waals surface area contributed by atoms with E-state index >= 15 is 0 Å². The van der Waals surface area contributed by atoms with Crippen molar-refractivity contribution < 1.29 is 4.74 Å². The lowest BCUT2D eigenvalue weighted by Crippen LogP contribution is -2.37. The lowest BCUT2D eigenvalue weighted by molar-refractivity contribution is 0.215. The molecule has 20 heavy (non-hydrogen) atoms. The smallest absolute Gasteiger partial charge is 0.169 e. The van der Waals surface area contributed by atoms with E-state index in [1.165, 1.54) is 0 Å². The second kappa shape index (κ2) is 6.67. The van der Waals surface area contributed by atoms with E-state index in [-0.39, 0.29) is 6.23 Å². The van der Waals surface area contributed by atoms with E-state index in [4.69, 9.17) is 16.3 Å². The van der Waals surface area contributed by atoms with Crippen molar-refractivity contribution in [1.82, 2.24) is 0 Å². The van der Waals surface area contributed by atoms with Gasteiger partial charge in [0, 0.05) is 17.3 Å². The third-order valence-corrected chi connectivity index (χ3v) is 3.55. The van der Waals surface area contributed by atoms with Gasteiger partial charge in [-0.05, 0) is 50.6 Å². The van der Waals surface area contributed by atoms with E-state index < -0.39 is 0 Å². The quantitative estimate of drug-likeness (QED) is 0.726. The highest BCUT2D eigenvalue weighted by Gasteiger charge is 2.15. The average Bonchev–Trinajstić information content (AvgIpc) is 2.42. The molecular weight excluding hydrogens is 270 g/mol. The molecule has 0 fully saturated rings. The Morgan fingerprint density at radius 3 is 2.55 bits per heavy atom. The molecule has 2 rings (SSSR count). The van der Waals surface area contributed by atoms with Crippen molar-refractivity contribution in [2.75, 3.05) is 11.4 Å². The number of anilines is 1. The molecule has 1 atom stereocenters. The molecule has 2 aromatic carbocycles. The molecule has 0 spiro atoms. The summed E-state index contributed by atoms with van der Waals surface area (Å²) in [5.41, 5.74) is 2.21. The molecule has 106 valence electrons. The first-order valence-corrected chi connectivity index (χ1v) is 7.24. The van der Waals surface area contributed by atoms with Crippen LogP contribution in [0.15, 0.2) is 48.5 Å². The maximum Gasteiger partial charge on any atom is 0.169 e. The summed E-state index contributed by atoms with van der Waals surface area (Å²) in [4.78, 5) is 2.18. The van der Waals surface area contributed by atoms with Gasteiger partial charge in [-0.3, -0.25) is 0 Å². The first-order chi connectivity index (χ1) is 9.61. The van der Waals surface area contributed by atoms with Crippen LogP contribution in [0.4, 0.5) is 5.69 Å². The standard InChI is InChI=1S/C17H20ClNO/c1-4-19(16-10-7-9-15(18)12-16)14(3)20-17-11-6-5-8-13(17)2/h5-12,14H,4H2,1-3H3. The molecule has 0 aliphatic heterocycles. The Hall–Kier alpha value is -1.67. The third-order valence-electron chi connectivity index (χ3n) is 3.31. The van der Waals surface area contributed by atoms with Crippen LogP contribution in [0.5, 0.6) is 5.75 Å². The van der Waals surface area contributed by atoms with Crippen molar-refractivity contribution in [2.45, 2.75) is 27.0 Å². The summed E-state index contributed by atoms with van der Waals surface area (Å²) in [5.74, 6) is 0.917. The number of benzene rings is 2. The third kappa shape index (κ3) is 3.45. The number of rotatable bonds is 5. The van der Waals surface area contributed by atoms with Crippen LogP contribution in [-0.2, 0) is 0 Å². The van der Waals surface area contributed by atoms with Crippen molar-refractivity contribution in [1.29, 1.82) is 0 Å². The Balaban J connectivity index is 2.17. The minimum Gasteiger partial charge on any atom is -0.471 e. The molecule has 0 N–H and O–H groups in total. The lowest BCUT2D eigenvalue weighted by Gasteiger charge is -2.31. The molecule has 2 aromatic rings. The number of hydrogen-bond acceptors (Lipinski definition) is 2. The largest absolute Gasteiger partial charge is 0.471 e. The maximum absolute atomic E-state index is 6.08. The van der Waals surface area contributed by atoms with E-state index in [0.717, 1.165) is 28.6 Å². The van der Waals surface area contributed by atoms with Gasteiger partial charge < -0.3 is 9.64 Å². The van der Waals surface area contributed by atoms with Gasteiger partial charge in [0.25, 0.3) is 0 Å². The first kappa shape index (κ1) is 14.7. The van der Waals surface area contributed by atoms with Gasteiger partial charge in [-0.25, -0.2) is 0 Å². The highest BCUT2D eigenvalue weighted by molar-refractivity contribution is 6.30. The monoisotopic (exact) mass is 289 g/mol. The molecule has 0 amide bonds. The van der Waals surface area contributed by atoms with Crippen molar-refractivity contribution in [3.8, 4) is 5.75 Å². The fourth-order valence-electron chi connectivity index (χ4n) is 2.24. The van der Waals surface area contributed by atoms with Crippen LogP contribution < -0.4 is 9.64 Å². The van der Waals surface area contributed by atoms with Gasteiger partial charge in [-0.15, -0.1) is 0 Å². The second-order valence-corrected chi connectivity index (χ2v) is 5.18. The summed E-state index contributed by atoms with van der Waals surface area (Å²) in [6, 6.07) is 15.9. The van der Waals surface area contributed by atoms with Gasteiger partial charge in [-0.2, -0.15) is 0 Å². The summed E-state index contributed by atoms with van der Waals surface area (Å²) < 4.78 is 6.08. The van der Waals surface area contributed by atoms with Crippen molar-refractivity contribution >= 4 is 17.3 Å². The molecular formula is C17H20ClNO. The van der Waals surface area contributed by atoms with Crippen LogP contribution in [-0.4, -0.2) is 12.8 Å². The molecule has 0 aliphatic rings. The summed E-state index contributed by atoms with van der Waals surface area (Å²) in [6.45, 7) is 7.07. The van der Waals surface area contributed by atoms with E-state index in [1.807, 2.05) is 42.5 Å². The van der Waals surface area contributed by atoms with Crippen LogP contribution in [0.1, 0.15) is 19.4 Å². The molecule has 0 aromatic heterocycles. The maximum atomic E-state index is 6.08. The summed E-state index contributed by atoms with van der Waals surface area (Å²) >= 11 is 6.07. The van der Waals surface area contributed by atoms with E-state index in [0.29, 0.717) is 0 Å². The van der Waals surface area contributed by atoms with Crippen molar-refractivity contribution in [3.63, 3.8) is 0 Å². The molecule has 0 aliphatic carbocycles. The number of hydrogen-bond donors (Lipinski definition) is 0. The van der Waals surface area contributed by atoms with Crippen LogP contribution in [0.2, 0.25) is 5.02 Å². The minimum absolute atomic E-state index is 0.0560. The summed E-state index contributed by atoms with van der Waals surface area (Å²) in [7, 11) is 0. The zero-order valence-electron chi connectivity index (χ0n) is 12.1. The topological polar surface area (TPSA) is 12.5 Å². The summed E-state index contributed by atoms with van der Waals surface area (Å²) in [6.07, 6.45) is -0.0560. The van der Waals surface area contributed by atoms with E-state index in [1.54, 1.807) is 0 Å². The SMILES string of the molecule is CCN(c1cccc(Cl)c1)C(C)Oc1ccccc1C. The Bertz CT molecular complexity index is 570. The highest BCUT2D eigenvalue weighted by atomic mass is 35.5. The molecule has 1 unspecified atom stereocenters. The van der Waals surface area contributed by atoms with Gasteiger partial charge >= 0.3 is 0 Å². The number of halogens is 1. The van der Waals surface area contributed by atoms with Crippen molar-refractivity contribution in [2.24, 2.45) is 0 Å². The van der Waals surface area contributed by atoms with Gasteiger partial charge in [0.2, 0.25) is 0 Å². The van der Waals surface area contributed by atoms with E-state index in [9.17, 15) is 0 Å². The molecule has 0 saturated carbocycles. The second-order valence-electron chi connectivity index (χ2n) is 4.75. The van der Waals surface area contributed by atoms with Crippen LogP contribution in [0, 0.1) is 6.92 Å². The Morgan fingerprint density at radius 2 is 1.90 bits per heavy atom. The van der Waals surface area contributed by atoms with E-state index in [2.05, 4.69) is 31.7 Å². The first-order valence-electron chi connectivity index (χ1n) is 6.86. The zero-order chi connectivity index (χ0) is 14.5. The van der Waals surface area contributed by atoms with Crippen molar-refractivity contribution in [3.05, 3.63) is 59.1 Å². The fraction of sp³-hybridized carbons (Fsp3) is 0.294. The zero-order valence-corrected chi connectivity index (χ0v) is 12.9. The molecule has 2 nitrogen and oxygen atoms in total. The van der Waals surface area contributed by atoms with Gasteiger partial charge in [0.15, 0.2) is 6.23 Å². The van der Waals surface area contributed by atoms with Crippen LogP contribution in [0.25, 0.3) is 0 Å². The minimum atomic E-state index is -0.0560. The lowest BCUT2D eigenvalue weighted by atomic mass is 10.2. The fourth-order valence-corrected chi connectivity index (χ4v) is 2.42. The Kier molecular flexibility index (Phi) is 4.91. The molecule has 0 heterocycles. The number of aryl methyl sites for hydroxylation is 1. The van der Waals surface area contributed by atoms with Gasteiger partial charge in [-0.1, -0.05) is 35.9 Å². The van der Waals surface area contributed by atoms with Gasteiger partial charge in [0.1, 0.15) is 5.75 Å². The Morgan fingerprint density at radius 1 is 1.15 bits per heavy atom. The predicted octanol–water partition coefficient (Wildman–Crippen LogP) is 4.90. The van der Waals surface area contributed by atoms with Gasteiger partial charge in [0.05, 0.1) is 0 Å². The Labute approximate surface area is 125 Å². The molecule has 0 bridgehead atoms. The van der Waals surface area contributed by atoms with Crippen LogP contribution in [0.3, 0.4) is 0 Å². The summed E-state index contributed by atoms with van der Waals surface area (Å²) in [5, 5.41) is 0.740. The predicted molar refractivity (Wildman–Crippen MR) is 85.7 cm³/mol. The average molecular weight is 290 g/mol.